The van der Waals surface area contributed by atoms with Crippen LogP contribution in [-0.2, 0) is 14.8 Å². The normalized spacial score (nSPS) is 11.6. The number of nitrogens with zero attached hydrogens (tertiary/aromatic N) is 1. The van der Waals surface area contributed by atoms with Gasteiger partial charge in [-0.15, -0.1) is 11.8 Å². The second-order valence-corrected chi connectivity index (χ2v) is 8.65. The van der Waals surface area contributed by atoms with E-state index in [4.69, 9.17) is 22.1 Å². The van der Waals surface area contributed by atoms with Crippen LogP contribution in [0, 0.1) is 5.82 Å². The molecule has 0 fully saturated rings. The molecule has 0 aliphatic carbocycles. The number of carbonyl (C=O) groups is 1. The third-order valence-electron chi connectivity index (χ3n) is 3.21. The fourth-order valence-electron chi connectivity index (χ4n) is 1.93. The zero-order valence-corrected chi connectivity index (χ0v) is 16.2. The average Bonchev–Trinajstić information content (AvgIpc) is 2.61. The Balaban J connectivity index is 1.92. The van der Waals surface area contributed by atoms with E-state index in [2.05, 4.69) is 0 Å². The van der Waals surface area contributed by atoms with Crippen molar-refractivity contribution in [1.29, 1.82) is 0 Å². The molecule has 11 heteroatoms. The van der Waals surface area contributed by atoms with Gasteiger partial charge in [-0.25, -0.2) is 12.8 Å². The largest absolute Gasteiger partial charge is 0.481 e. The van der Waals surface area contributed by atoms with Gasteiger partial charge in [-0.2, -0.15) is 0 Å². The minimum atomic E-state index is -4.06. The predicted molar refractivity (Wildman–Crippen MR) is 98.9 cm³/mol. The SMILES string of the molecule is NC(=O)COc1ccc(SCCN(O)S(=O)(=O)c2ccc(Cl)cc2)cc1F. The van der Waals surface area contributed by atoms with E-state index in [1.54, 1.807) is 6.07 Å². The Bertz CT molecular complexity index is 910. The summed E-state index contributed by atoms with van der Waals surface area (Å²) < 4.78 is 43.4. The number of hydroxylamine groups is 1. The maximum atomic E-state index is 13.9. The number of rotatable bonds is 9. The lowest BCUT2D eigenvalue weighted by molar-refractivity contribution is -0.120. The highest BCUT2D eigenvalue weighted by Gasteiger charge is 2.22. The average molecular weight is 435 g/mol. The van der Waals surface area contributed by atoms with E-state index in [0.717, 1.165) is 11.8 Å². The number of amides is 1. The van der Waals surface area contributed by atoms with Crippen molar-refractivity contribution in [3.05, 3.63) is 53.3 Å². The number of hydrogen-bond acceptors (Lipinski definition) is 6. The molecule has 2 aromatic carbocycles. The molecule has 3 N–H and O–H groups in total. The maximum Gasteiger partial charge on any atom is 0.264 e. The lowest BCUT2D eigenvalue weighted by Gasteiger charge is -2.15. The van der Waals surface area contributed by atoms with E-state index in [-0.39, 0.29) is 27.4 Å². The van der Waals surface area contributed by atoms with E-state index in [9.17, 15) is 22.8 Å². The van der Waals surface area contributed by atoms with Crippen molar-refractivity contribution in [2.24, 2.45) is 5.73 Å². The fourth-order valence-corrected chi connectivity index (χ4v) is 4.07. The van der Waals surface area contributed by atoms with Crippen molar-refractivity contribution in [3.8, 4) is 5.75 Å². The van der Waals surface area contributed by atoms with Crippen molar-refractivity contribution < 1.29 is 27.5 Å². The monoisotopic (exact) mass is 434 g/mol. The molecule has 0 aliphatic heterocycles. The Hall–Kier alpha value is -1.85. The summed E-state index contributed by atoms with van der Waals surface area (Å²) in [6.07, 6.45) is 0. The number of primary amides is 1. The summed E-state index contributed by atoms with van der Waals surface area (Å²) in [5.41, 5.74) is 4.92. The highest BCUT2D eigenvalue weighted by molar-refractivity contribution is 7.99. The van der Waals surface area contributed by atoms with Gasteiger partial charge in [0.15, 0.2) is 18.2 Å². The number of halogens is 2. The van der Waals surface area contributed by atoms with Crippen LogP contribution in [0.4, 0.5) is 4.39 Å². The first kappa shape index (κ1) is 21.5. The molecule has 0 aliphatic rings. The van der Waals surface area contributed by atoms with E-state index < -0.39 is 28.4 Å². The van der Waals surface area contributed by atoms with Crippen molar-refractivity contribution in [1.82, 2.24) is 4.47 Å². The number of carbonyl (C=O) groups excluding carboxylic acids is 1. The molecular weight excluding hydrogens is 419 g/mol. The van der Waals surface area contributed by atoms with Gasteiger partial charge in [0.1, 0.15) is 0 Å². The van der Waals surface area contributed by atoms with Gasteiger partial charge in [-0.05, 0) is 42.5 Å². The van der Waals surface area contributed by atoms with Crippen LogP contribution in [0.5, 0.6) is 5.75 Å². The molecular formula is C16H16ClFN2O5S2. The molecule has 146 valence electrons. The maximum absolute atomic E-state index is 13.9. The van der Waals surface area contributed by atoms with E-state index in [1.807, 2.05) is 0 Å². The highest BCUT2D eigenvalue weighted by Crippen LogP contribution is 2.25. The number of thioether (sulfide) groups is 1. The minimum absolute atomic E-state index is 0.0959. The molecule has 0 radical (unpaired) electrons. The van der Waals surface area contributed by atoms with Crippen LogP contribution in [-0.4, -0.2) is 42.9 Å². The van der Waals surface area contributed by atoms with Crippen molar-refractivity contribution in [2.75, 3.05) is 18.9 Å². The molecule has 0 saturated carbocycles. The standard InChI is InChI=1S/C16H16ClFN2O5S2/c17-11-1-4-13(5-2-11)27(23,24)20(22)7-8-26-12-3-6-15(14(18)9-12)25-10-16(19)21/h1-6,9,22H,7-8,10H2,(H2,19,21). The summed E-state index contributed by atoms with van der Waals surface area (Å²) in [4.78, 5) is 11.0. The van der Waals surface area contributed by atoms with Gasteiger partial charge in [-0.1, -0.05) is 16.1 Å². The molecule has 27 heavy (non-hydrogen) atoms. The van der Waals surface area contributed by atoms with Crippen LogP contribution in [0.3, 0.4) is 0 Å². The summed E-state index contributed by atoms with van der Waals surface area (Å²) in [5, 5.41) is 10.2. The molecule has 0 saturated heterocycles. The second-order valence-electron chi connectivity index (χ2n) is 5.20. The molecule has 2 aromatic rings. The predicted octanol–water partition coefficient (Wildman–Crippen LogP) is 2.52. The second kappa shape index (κ2) is 9.38. The zero-order chi connectivity index (χ0) is 20.0. The summed E-state index contributed by atoms with van der Waals surface area (Å²) in [5.74, 6) is -1.36. The number of ether oxygens (including phenoxy) is 1. The van der Waals surface area contributed by atoms with Gasteiger partial charge in [0.2, 0.25) is 0 Å². The van der Waals surface area contributed by atoms with Gasteiger partial charge in [0.05, 0.1) is 11.4 Å². The summed E-state index contributed by atoms with van der Waals surface area (Å²) in [6.45, 7) is -0.650. The van der Waals surface area contributed by atoms with Crippen molar-refractivity contribution >= 4 is 39.3 Å². The van der Waals surface area contributed by atoms with Gasteiger partial charge in [0.25, 0.3) is 15.9 Å². The topological polar surface area (TPSA) is 110 Å². The van der Waals surface area contributed by atoms with Gasteiger partial charge >= 0.3 is 0 Å². The zero-order valence-electron chi connectivity index (χ0n) is 13.8. The molecule has 0 heterocycles. The molecule has 1 amide bonds. The molecule has 0 atom stereocenters. The number of hydrogen-bond donors (Lipinski definition) is 2. The van der Waals surface area contributed by atoms with Crippen LogP contribution < -0.4 is 10.5 Å². The van der Waals surface area contributed by atoms with E-state index in [1.165, 1.54) is 36.4 Å². The van der Waals surface area contributed by atoms with Crippen LogP contribution in [0.15, 0.2) is 52.3 Å². The first-order chi connectivity index (χ1) is 12.7. The minimum Gasteiger partial charge on any atom is -0.481 e. The van der Waals surface area contributed by atoms with E-state index >= 15 is 0 Å². The van der Waals surface area contributed by atoms with Crippen LogP contribution in [0.2, 0.25) is 5.02 Å². The smallest absolute Gasteiger partial charge is 0.264 e. The molecule has 0 bridgehead atoms. The Morgan fingerprint density at radius 2 is 1.93 bits per heavy atom. The third-order valence-corrected chi connectivity index (χ3v) is 6.04. The molecule has 2 rings (SSSR count). The molecule has 0 spiro atoms. The van der Waals surface area contributed by atoms with Crippen LogP contribution in [0.25, 0.3) is 0 Å². The van der Waals surface area contributed by atoms with Crippen molar-refractivity contribution in [3.63, 3.8) is 0 Å². The molecule has 0 aromatic heterocycles. The lowest BCUT2D eigenvalue weighted by atomic mass is 10.3. The Morgan fingerprint density at radius 3 is 2.52 bits per heavy atom. The lowest BCUT2D eigenvalue weighted by Crippen LogP contribution is -2.29. The summed E-state index contributed by atoms with van der Waals surface area (Å²) >= 11 is 6.85. The molecule has 0 unspecified atom stereocenters. The highest BCUT2D eigenvalue weighted by atomic mass is 35.5. The first-order valence-corrected chi connectivity index (χ1v) is 10.3. The third kappa shape index (κ3) is 6.08. The van der Waals surface area contributed by atoms with Crippen LogP contribution >= 0.6 is 23.4 Å². The molecule has 7 nitrogen and oxygen atoms in total. The summed E-state index contributed by atoms with van der Waals surface area (Å²) in [7, 11) is -4.06. The number of benzene rings is 2. The Kier molecular flexibility index (Phi) is 7.45. The van der Waals surface area contributed by atoms with Gasteiger partial charge < -0.3 is 10.5 Å². The fraction of sp³-hybridized carbons (Fsp3) is 0.188. The number of nitrogens with two attached hydrogens (primary N) is 1. The Morgan fingerprint density at radius 1 is 1.26 bits per heavy atom. The van der Waals surface area contributed by atoms with Gasteiger partial charge in [-0.3, -0.25) is 10.0 Å². The quantitative estimate of drug-likeness (QED) is 0.463. The van der Waals surface area contributed by atoms with E-state index in [0.29, 0.717) is 9.92 Å². The van der Waals surface area contributed by atoms with Crippen molar-refractivity contribution in [2.45, 2.75) is 9.79 Å². The van der Waals surface area contributed by atoms with Gasteiger partial charge in [0, 0.05) is 15.7 Å². The number of sulfonamides is 1. The Labute approximate surface area is 164 Å². The first-order valence-electron chi connectivity index (χ1n) is 7.51. The summed E-state index contributed by atoms with van der Waals surface area (Å²) in [6, 6.07) is 9.43. The van der Waals surface area contributed by atoms with Crippen LogP contribution in [0.1, 0.15) is 0 Å².